The molecule has 0 aliphatic carbocycles. The molecule has 10 rings (SSSR count). The lowest BCUT2D eigenvalue weighted by atomic mass is 10.0. The van der Waals surface area contributed by atoms with Crippen molar-refractivity contribution in [2.24, 2.45) is 0 Å². The predicted molar refractivity (Wildman–Crippen MR) is 215 cm³/mol. The molecule has 0 bridgehead atoms. The van der Waals surface area contributed by atoms with Gasteiger partial charge in [0.2, 0.25) is 0 Å². The molecule has 10 aromatic rings. The molecule has 3 heterocycles. The largest absolute Gasteiger partial charge is 0.310 e. The Morgan fingerprint density at radius 1 is 0.423 bits per heavy atom. The van der Waals surface area contributed by atoms with Crippen LogP contribution in [0.5, 0.6) is 0 Å². The van der Waals surface area contributed by atoms with Gasteiger partial charge in [0.15, 0.2) is 0 Å². The first-order chi connectivity index (χ1) is 25.8. The summed E-state index contributed by atoms with van der Waals surface area (Å²) < 4.78 is 2.35. The minimum Gasteiger partial charge on any atom is -0.310 e. The third-order valence-electron chi connectivity index (χ3n) is 9.85. The van der Waals surface area contributed by atoms with E-state index >= 15 is 0 Å². The number of aromatic nitrogens is 4. The summed E-state index contributed by atoms with van der Waals surface area (Å²) in [4.78, 5) is 16.9. The highest BCUT2D eigenvalue weighted by Crippen LogP contribution is 2.39. The van der Waals surface area contributed by atoms with Crippen LogP contribution in [0.2, 0.25) is 0 Å². The molecule has 3 aromatic heterocycles. The Morgan fingerprint density at radius 3 is 1.62 bits per heavy atom. The van der Waals surface area contributed by atoms with Crippen LogP contribution in [0.25, 0.3) is 71.8 Å². The number of para-hydroxylation sites is 4. The molecule has 52 heavy (non-hydrogen) atoms. The van der Waals surface area contributed by atoms with E-state index in [0.29, 0.717) is 0 Å². The van der Waals surface area contributed by atoms with Crippen LogP contribution in [-0.2, 0) is 0 Å². The maximum atomic E-state index is 5.14. The highest BCUT2D eigenvalue weighted by Gasteiger charge is 2.18. The molecule has 0 aliphatic rings. The van der Waals surface area contributed by atoms with Crippen LogP contribution in [0.4, 0.5) is 17.1 Å². The molecular weight excluding hydrogens is 635 g/mol. The number of fused-ring (bicyclic) bond motifs is 5. The average Bonchev–Trinajstić information content (AvgIpc) is 3.56. The van der Waals surface area contributed by atoms with E-state index in [9.17, 15) is 0 Å². The fraction of sp³-hybridized carbons (Fsp3) is 0. The van der Waals surface area contributed by atoms with Gasteiger partial charge in [0.25, 0.3) is 0 Å². The van der Waals surface area contributed by atoms with Gasteiger partial charge >= 0.3 is 0 Å². The van der Waals surface area contributed by atoms with Gasteiger partial charge in [-0.2, -0.15) is 0 Å². The Labute approximate surface area is 300 Å². The lowest BCUT2D eigenvalue weighted by Gasteiger charge is -2.26. The van der Waals surface area contributed by atoms with Gasteiger partial charge in [-0.15, -0.1) is 0 Å². The first-order valence-corrected chi connectivity index (χ1v) is 17.4. The van der Waals surface area contributed by atoms with E-state index in [2.05, 4.69) is 148 Å². The number of rotatable bonds is 6. The molecule has 0 fully saturated rings. The molecule has 0 spiro atoms. The molecule has 0 N–H and O–H groups in total. The third-order valence-corrected chi connectivity index (χ3v) is 9.85. The summed E-state index contributed by atoms with van der Waals surface area (Å²) in [7, 11) is 0. The van der Waals surface area contributed by atoms with Crippen LogP contribution in [0.15, 0.2) is 188 Å². The lowest BCUT2D eigenvalue weighted by molar-refractivity contribution is 1.17. The second kappa shape index (κ2) is 12.3. The van der Waals surface area contributed by atoms with Crippen molar-refractivity contribution < 1.29 is 0 Å². The van der Waals surface area contributed by atoms with Crippen molar-refractivity contribution in [1.82, 2.24) is 19.5 Å². The van der Waals surface area contributed by atoms with E-state index in [1.54, 1.807) is 0 Å². The molecular formula is C47H31N5. The van der Waals surface area contributed by atoms with Crippen LogP contribution in [-0.4, -0.2) is 19.5 Å². The Morgan fingerprint density at radius 2 is 0.962 bits per heavy atom. The number of pyridine rings is 1. The minimum atomic E-state index is 0.858. The SMILES string of the molecule is c1ccc(-c2nc3ccccc3nc2-c2ccc(N(c3ccc(-n4c5ccccc5c5ccccc54)cc3)c3ccc4cnccc4c3)cc2)cc1. The second-order valence-corrected chi connectivity index (χ2v) is 13.0. The number of nitrogens with zero attached hydrogens (tertiary/aromatic N) is 5. The van der Waals surface area contributed by atoms with Crippen molar-refractivity contribution in [3.8, 4) is 28.2 Å². The summed E-state index contributed by atoms with van der Waals surface area (Å²) in [5.41, 5.74) is 12.2. The molecule has 0 saturated heterocycles. The first kappa shape index (κ1) is 29.8. The minimum absolute atomic E-state index is 0.858. The Bertz CT molecular complexity index is 2840. The Hall–Kier alpha value is -7.11. The fourth-order valence-corrected chi connectivity index (χ4v) is 7.38. The maximum Gasteiger partial charge on any atom is 0.0973 e. The predicted octanol–water partition coefficient (Wildman–Crippen LogP) is 12.1. The highest BCUT2D eigenvalue weighted by molar-refractivity contribution is 6.09. The fourth-order valence-electron chi connectivity index (χ4n) is 7.38. The van der Waals surface area contributed by atoms with Gasteiger partial charge in [0.1, 0.15) is 0 Å². The molecule has 5 nitrogen and oxygen atoms in total. The number of benzene rings is 7. The molecule has 0 atom stereocenters. The summed E-state index contributed by atoms with van der Waals surface area (Å²) in [6.45, 7) is 0. The second-order valence-electron chi connectivity index (χ2n) is 13.0. The normalized spacial score (nSPS) is 11.5. The zero-order valence-corrected chi connectivity index (χ0v) is 28.1. The van der Waals surface area contributed by atoms with Gasteiger partial charge in [-0.1, -0.05) is 97.1 Å². The average molecular weight is 666 g/mol. The van der Waals surface area contributed by atoms with Crippen LogP contribution in [0.1, 0.15) is 0 Å². The highest BCUT2D eigenvalue weighted by atomic mass is 15.1. The topological polar surface area (TPSA) is 46.8 Å². The quantitative estimate of drug-likeness (QED) is 0.177. The van der Waals surface area contributed by atoms with Gasteiger partial charge in [-0.25, -0.2) is 9.97 Å². The Balaban J connectivity index is 1.10. The summed E-state index contributed by atoms with van der Waals surface area (Å²) >= 11 is 0. The monoisotopic (exact) mass is 665 g/mol. The van der Waals surface area contributed by atoms with E-state index < -0.39 is 0 Å². The van der Waals surface area contributed by atoms with Crippen molar-refractivity contribution in [3.05, 3.63) is 188 Å². The molecule has 7 aromatic carbocycles. The number of hydrogen-bond acceptors (Lipinski definition) is 4. The van der Waals surface area contributed by atoms with Crippen molar-refractivity contribution in [1.29, 1.82) is 0 Å². The molecule has 244 valence electrons. The van der Waals surface area contributed by atoms with Gasteiger partial charge in [-0.3, -0.25) is 4.98 Å². The van der Waals surface area contributed by atoms with Gasteiger partial charge in [0, 0.05) is 62.4 Å². The first-order valence-electron chi connectivity index (χ1n) is 17.4. The lowest BCUT2D eigenvalue weighted by Crippen LogP contribution is -2.10. The number of hydrogen-bond donors (Lipinski definition) is 0. The molecule has 0 unspecified atom stereocenters. The Kier molecular flexibility index (Phi) is 7.07. The van der Waals surface area contributed by atoms with Crippen LogP contribution in [0.3, 0.4) is 0 Å². The van der Waals surface area contributed by atoms with E-state index in [1.165, 1.54) is 21.8 Å². The molecule has 0 amide bonds. The van der Waals surface area contributed by atoms with E-state index in [0.717, 1.165) is 67.1 Å². The summed E-state index contributed by atoms with van der Waals surface area (Å²) in [6.07, 6.45) is 3.76. The van der Waals surface area contributed by atoms with E-state index in [1.807, 2.05) is 54.9 Å². The van der Waals surface area contributed by atoms with E-state index in [4.69, 9.17) is 9.97 Å². The van der Waals surface area contributed by atoms with Crippen molar-refractivity contribution in [3.63, 3.8) is 0 Å². The van der Waals surface area contributed by atoms with Crippen molar-refractivity contribution >= 4 is 60.7 Å². The summed E-state index contributed by atoms with van der Waals surface area (Å²) in [5.74, 6) is 0. The molecule has 0 aliphatic heterocycles. The molecule has 0 radical (unpaired) electrons. The van der Waals surface area contributed by atoms with Crippen LogP contribution < -0.4 is 4.90 Å². The summed E-state index contributed by atoms with van der Waals surface area (Å²) in [5, 5.41) is 4.74. The zero-order chi connectivity index (χ0) is 34.4. The standard InChI is InChI=1S/C47H31N5/c1-2-10-32(11-3-1)46-47(50-43-15-7-6-14-42(43)49-46)33-18-21-36(22-19-33)51(39-23-20-35-31-48-29-28-34(35)30-39)37-24-26-38(27-25-37)52-44-16-8-4-12-40(44)41-13-5-9-17-45(41)52/h1-31H. The molecule has 5 heteroatoms. The summed E-state index contributed by atoms with van der Waals surface area (Å²) in [6, 6.07) is 61.8. The smallest absolute Gasteiger partial charge is 0.0973 e. The maximum absolute atomic E-state index is 5.14. The zero-order valence-electron chi connectivity index (χ0n) is 28.1. The molecule has 0 saturated carbocycles. The van der Waals surface area contributed by atoms with Crippen LogP contribution >= 0.6 is 0 Å². The van der Waals surface area contributed by atoms with Gasteiger partial charge < -0.3 is 9.47 Å². The number of anilines is 3. The van der Waals surface area contributed by atoms with Crippen molar-refractivity contribution in [2.75, 3.05) is 4.90 Å². The van der Waals surface area contributed by atoms with Crippen LogP contribution in [0, 0.1) is 0 Å². The van der Waals surface area contributed by atoms with Gasteiger partial charge in [0.05, 0.1) is 33.5 Å². The van der Waals surface area contributed by atoms with Gasteiger partial charge in [-0.05, 0) is 84.2 Å². The van der Waals surface area contributed by atoms with E-state index in [-0.39, 0.29) is 0 Å². The van der Waals surface area contributed by atoms with Crippen molar-refractivity contribution in [2.45, 2.75) is 0 Å². The third kappa shape index (κ3) is 5.07.